The minimum Gasteiger partial charge on any atom is -0.344 e. The zero-order valence-electron chi connectivity index (χ0n) is 12.6. The molecule has 3 aromatic carbocycles. The number of rotatable bonds is 0. The predicted molar refractivity (Wildman–Crippen MR) is 92.5 cm³/mol. The Hall–Kier alpha value is -2.54. The molecule has 1 heteroatoms. The largest absolute Gasteiger partial charge is 0.344 e. The van der Waals surface area contributed by atoms with Crippen molar-refractivity contribution >= 4 is 21.8 Å². The van der Waals surface area contributed by atoms with E-state index in [1.165, 1.54) is 44.1 Å². The summed E-state index contributed by atoms with van der Waals surface area (Å²) in [4.78, 5) is 0. The molecule has 1 aliphatic rings. The first kappa shape index (κ1) is 12.0. The second-order valence-electron chi connectivity index (χ2n) is 6.34. The third-order valence-electron chi connectivity index (χ3n) is 5.12. The number of nitrogens with zero attached hydrogens (tertiary/aromatic N) is 1. The fourth-order valence-corrected chi connectivity index (χ4v) is 3.94. The van der Waals surface area contributed by atoms with E-state index < -0.39 is 0 Å². The molecule has 0 bridgehead atoms. The van der Waals surface area contributed by atoms with Gasteiger partial charge in [-0.05, 0) is 53.3 Å². The number of hydrogen-bond acceptors (Lipinski definition) is 0. The van der Waals surface area contributed by atoms with E-state index in [4.69, 9.17) is 0 Å². The van der Waals surface area contributed by atoms with Crippen molar-refractivity contribution in [3.05, 3.63) is 82.9 Å². The fourth-order valence-electron chi connectivity index (χ4n) is 3.94. The topological polar surface area (TPSA) is 4.93 Å². The van der Waals surface area contributed by atoms with Crippen molar-refractivity contribution in [1.82, 2.24) is 4.57 Å². The zero-order valence-corrected chi connectivity index (χ0v) is 12.6. The summed E-state index contributed by atoms with van der Waals surface area (Å²) in [5.74, 6) is 0. The van der Waals surface area contributed by atoms with Crippen molar-refractivity contribution in [1.29, 1.82) is 0 Å². The Morgan fingerprint density at radius 1 is 0.636 bits per heavy atom. The molecule has 1 aromatic heterocycles. The first-order chi connectivity index (χ1) is 10.8. The maximum absolute atomic E-state index is 2.42. The molecule has 0 aliphatic heterocycles. The predicted octanol–water partition coefficient (Wildman–Crippen LogP) is 4.83. The molecule has 0 radical (unpaired) electrons. The average molecular weight is 283 g/mol. The monoisotopic (exact) mass is 283 g/mol. The molecule has 1 heterocycles. The minimum absolute atomic E-state index is 1.06. The normalized spacial score (nSPS) is 13.3. The van der Waals surface area contributed by atoms with Gasteiger partial charge in [-0.1, -0.05) is 42.5 Å². The molecule has 0 spiro atoms. The highest BCUT2D eigenvalue weighted by molar-refractivity contribution is 6.08. The maximum Gasteiger partial charge on any atom is 0.0491 e. The summed E-state index contributed by atoms with van der Waals surface area (Å²) < 4.78 is 2.32. The van der Waals surface area contributed by atoms with Gasteiger partial charge in [0.25, 0.3) is 0 Å². The standard InChI is InChI=1S/C21H17N/c1-22-20-9-5-4-8-18(20)19-12-16-10-14-6-2-3-7-15(14)11-17(16)13-21(19)22/h2-9,12-13H,10-11H2,1H3. The lowest BCUT2D eigenvalue weighted by Gasteiger charge is -2.20. The molecule has 0 unspecified atom stereocenters. The smallest absolute Gasteiger partial charge is 0.0491 e. The Morgan fingerprint density at radius 3 is 2.05 bits per heavy atom. The summed E-state index contributed by atoms with van der Waals surface area (Å²) in [6.07, 6.45) is 2.12. The van der Waals surface area contributed by atoms with Crippen molar-refractivity contribution in [3.63, 3.8) is 0 Å². The van der Waals surface area contributed by atoms with Crippen LogP contribution in [0.5, 0.6) is 0 Å². The molecule has 0 fully saturated rings. The summed E-state index contributed by atoms with van der Waals surface area (Å²) in [7, 11) is 2.17. The molecule has 0 amide bonds. The number of hydrogen-bond donors (Lipinski definition) is 0. The molecule has 1 nitrogen and oxygen atoms in total. The van der Waals surface area contributed by atoms with Crippen LogP contribution in [0.4, 0.5) is 0 Å². The van der Waals surface area contributed by atoms with E-state index in [2.05, 4.69) is 72.3 Å². The molecule has 106 valence electrons. The number of fused-ring (bicyclic) bond motifs is 5. The Balaban J connectivity index is 1.82. The van der Waals surface area contributed by atoms with E-state index in [0.717, 1.165) is 12.8 Å². The third-order valence-corrected chi connectivity index (χ3v) is 5.12. The first-order valence-corrected chi connectivity index (χ1v) is 7.87. The van der Waals surface area contributed by atoms with Crippen molar-refractivity contribution in [2.75, 3.05) is 0 Å². The number of benzene rings is 3. The second kappa shape index (κ2) is 4.23. The van der Waals surface area contributed by atoms with Crippen LogP contribution in [0.2, 0.25) is 0 Å². The van der Waals surface area contributed by atoms with Crippen LogP contribution in [0.25, 0.3) is 21.8 Å². The Bertz CT molecular complexity index is 1040. The lowest BCUT2D eigenvalue weighted by Crippen LogP contribution is -2.07. The van der Waals surface area contributed by atoms with E-state index in [1.807, 2.05) is 0 Å². The van der Waals surface area contributed by atoms with Gasteiger partial charge in [0.2, 0.25) is 0 Å². The van der Waals surface area contributed by atoms with E-state index in [0.29, 0.717) is 0 Å². The SMILES string of the molecule is Cn1c2ccccc2c2cc3c(cc21)Cc1ccccc1C3. The van der Waals surface area contributed by atoms with Gasteiger partial charge < -0.3 is 4.57 Å². The minimum atomic E-state index is 1.06. The van der Waals surface area contributed by atoms with Gasteiger partial charge in [-0.15, -0.1) is 0 Å². The van der Waals surface area contributed by atoms with Gasteiger partial charge in [0.1, 0.15) is 0 Å². The molecule has 1 aliphatic carbocycles. The van der Waals surface area contributed by atoms with Crippen molar-refractivity contribution < 1.29 is 0 Å². The molecule has 4 aromatic rings. The number of para-hydroxylation sites is 1. The van der Waals surface area contributed by atoms with Crippen molar-refractivity contribution in [2.45, 2.75) is 12.8 Å². The van der Waals surface area contributed by atoms with Gasteiger partial charge >= 0.3 is 0 Å². The van der Waals surface area contributed by atoms with E-state index in [-0.39, 0.29) is 0 Å². The first-order valence-electron chi connectivity index (χ1n) is 7.87. The fraction of sp³-hybridized carbons (Fsp3) is 0.143. The highest BCUT2D eigenvalue weighted by atomic mass is 14.9. The lowest BCUT2D eigenvalue weighted by molar-refractivity contribution is 0.986. The maximum atomic E-state index is 2.42. The molecule has 0 atom stereocenters. The molecule has 0 saturated heterocycles. The Morgan fingerprint density at radius 2 is 1.27 bits per heavy atom. The molecular formula is C21H17N. The number of aryl methyl sites for hydroxylation is 1. The van der Waals surface area contributed by atoms with Gasteiger partial charge in [0, 0.05) is 28.9 Å². The molecular weight excluding hydrogens is 266 g/mol. The van der Waals surface area contributed by atoms with Crippen molar-refractivity contribution in [3.8, 4) is 0 Å². The molecule has 0 N–H and O–H groups in total. The lowest BCUT2D eigenvalue weighted by atomic mass is 9.85. The van der Waals surface area contributed by atoms with Crippen LogP contribution in [0.3, 0.4) is 0 Å². The van der Waals surface area contributed by atoms with Gasteiger partial charge in [-0.3, -0.25) is 0 Å². The van der Waals surface area contributed by atoms with E-state index in [9.17, 15) is 0 Å². The average Bonchev–Trinajstić information content (AvgIpc) is 2.84. The van der Waals surface area contributed by atoms with Crippen LogP contribution >= 0.6 is 0 Å². The Kier molecular flexibility index (Phi) is 2.32. The van der Waals surface area contributed by atoms with Crippen LogP contribution < -0.4 is 0 Å². The van der Waals surface area contributed by atoms with Crippen LogP contribution in [-0.4, -0.2) is 4.57 Å². The van der Waals surface area contributed by atoms with Crippen LogP contribution in [0.15, 0.2) is 60.7 Å². The quantitative estimate of drug-likeness (QED) is 0.384. The van der Waals surface area contributed by atoms with Crippen LogP contribution in [-0.2, 0) is 19.9 Å². The van der Waals surface area contributed by atoms with Crippen molar-refractivity contribution in [2.24, 2.45) is 7.05 Å². The molecule has 0 saturated carbocycles. The number of aromatic nitrogens is 1. The summed E-state index contributed by atoms with van der Waals surface area (Å²) in [6.45, 7) is 0. The summed E-state index contributed by atoms with van der Waals surface area (Å²) in [5.41, 5.74) is 8.60. The second-order valence-corrected chi connectivity index (χ2v) is 6.34. The zero-order chi connectivity index (χ0) is 14.7. The summed E-state index contributed by atoms with van der Waals surface area (Å²) in [5, 5.41) is 2.75. The molecule has 22 heavy (non-hydrogen) atoms. The van der Waals surface area contributed by atoms with E-state index in [1.54, 1.807) is 0 Å². The highest BCUT2D eigenvalue weighted by Gasteiger charge is 2.17. The molecule has 5 rings (SSSR count). The van der Waals surface area contributed by atoms with Gasteiger partial charge in [-0.25, -0.2) is 0 Å². The Labute approximate surface area is 129 Å². The highest BCUT2D eigenvalue weighted by Crippen LogP contribution is 2.34. The van der Waals surface area contributed by atoms with E-state index >= 15 is 0 Å². The van der Waals surface area contributed by atoms with Gasteiger partial charge in [0.15, 0.2) is 0 Å². The van der Waals surface area contributed by atoms with Crippen LogP contribution in [0, 0.1) is 0 Å². The summed E-state index contributed by atoms with van der Waals surface area (Å²) in [6, 6.07) is 22.4. The van der Waals surface area contributed by atoms with Gasteiger partial charge in [-0.2, -0.15) is 0 Å². The van der Waals surface area contributed by atoms with Gasteiger partial charge in [0.05, 0.1) is 0 Å². The third kappa shape index (κ3) is 1.54. The summed E-state index contributed by atoms with van der Waals surface area (Å²) >= 11 is 0. The van der Waals surface area contributed by atoms with Crippen LogP contribution in [0.1, 0.15) is 22.3 Å².